The fraction of sp³-hybridized carbons (Fsp3) is 0.690. The number of carbonyl (C=O) groups excluding carboxylic acids is 3. The highest BCUT2D eigenvalue weighted by Crippen LogP contribution is 2.26. The summed E-state index contributed by atoms with van der Waals surface area (Å²) >= 11 is 1.61. The number of hydrogen-bond donors (Lipinski definition) is 2. The zero-order valence-electron chi connectivity index (χ0n) is 23.4. The second-order valence-electron chi connectivity index (χ2n) is 10.9. The molecule has 208 valence electrons. The zero-order chi connectivity index (χ0) is 27.3. The molecule has 2 unspecified atom stereocenters. The maximum absolute atomic E-state index is 14.1. The lowest BCUT2D eigenvalue weighted by Crippen LogP contribution is -2.54. The van der Waals surface area contributed by atoms with E-state index in [0.29, 0.717) is 18.7 Å². The topological polar surface area (TPSA) is 87.7 Å². The molecule has 8 heteroatoms. The maximum atomic E-state index is 14.1. The summed E-state index contributed by atoms with van der Waals surface area (Å²) in [5.41, 5.74) is 0.103. The van der Waals surface area contributed by atoms with Gasteiger partial charge in [-0.2, -0.15) is 11.8 Å². The molecule has 0 saturated heterocycles. The quantitative estimate of drug-likeness (QED) is 0.311. The molecule has 1 aromatic carbocycles. The van der Waals surface area contributed by atoms with Gasteiger partial charge in [0.1, 0.15) is 17.7 Å². The molecule has 1 aliphatic carbocycles. The summed E-state index contributed by atoms with van der Waals surface area (Å²) in [6.45, 7) is 7.94. The van der Waals surface area contributed by atoms with Crippen molar-refractivity contribution in [3.8, 4) is 0 Å². The van der Waals surface area contributed by atoms with Gasteiger partial charge in [-0.05, 0) is 64.0 Å². The number of benzene rings is 1. The van der Waals surface area contributed by atoms with Gasteiger partial charge in [0.15, 0.2) is 0 Å². The lowest BCUT2D eigenvalue weighted by atomic mass is 9.94. The first-order chi connectivity index (χ1) is 17.7. The minimum absolute atomic E-state index is 0.132. The molecule has 0 bridgehead atoms. The third kappa shape index (κ3) is 11.0. The van der Waals surface area contributed by atoms with E-state index >= 15 is 0 Å². The molecule has 3 amide bonds. The van der Waals surface area contributed by atoms with Crippen LogP contribution >= 0.6 is 11.8 Å². The first kappa shape index (κ1) is 31.0. The number of thioether (sulfide) groups is 1. The lowest BCUT2D eigenvalue weighted by molar-refractivity contribution is -0.143. The Morgan fingerprint density at radius 1 is 1.08 bits per heavy atom. The van der Waals surface area contributed by atoms with E-state index in [2.05, 4.69) is 17.6 Å². The van der Waals surface area contributed by atoms with Crippen LogP contribution in [0.15, 0.2) is 30.3 Å². The van der Waals surface area contributed by atoms with Crippen LogP contribution in [0.25, 0.3) is 0 Å². The smallest absolute Gasteiger partial charge is 0.408 e. The Labute approximate surface area is 227 Å². The Bertz CT molecular complexity index is 837. The molecule has 1 aromatic rings. The van der Waals surface area contributed by atoms with Crippen LogP contribution in [0.5, 0.6) is 0 Å². The van der Waals surface area contributed by atoms with E-state index in [-0.39, 0.29) is 17.9 Å². The molecule has 0 aliphatic heterocycles. The number of ether oxygens (including phenoxy) is 1. The average Bonchev–Trinajstić information content (AvgIpc) is 2.85. The van der Waals surface area contributed by atoms with Gasteiger partial charge in [0.2, 0.25) is 11.8 Å². The van der Waals surface area contributed by atoms with Gasteiger partial charge in [0.25, 0.3) is 0 Å². The first-order valence-electron chi connectivity index (χ1n) is 13.8. The predicted octanol–water partition coefficient (Wildman–Crippen LogP) is 5.84. The summed E-state index contributed by atoms with van der Waals surface area (Å²) in [6.07, 6.45) is 9.88. The van der Waals surface area contributed by atoms with Crippen molar-refractivity contribution in [2.45, 2.75) is 109 Å². The summed E-state index contributed by atoms with van der Waals surface area (Å²) in [5, 5.41) is 6.06. The Balaban J connectivity index is 2.39. The van der Waals surface area contributed by atoms with Crippen LogP contribution in [0.1, 0.15) is 97.1 Å². The van der Waals surface area contributed by atoms with Crippen LogP contribution in [-0.4, -0.2) is 59.0 Å². The summed E-state index contributed by atoms with van der Waals surface area (Å²) in [7, 11) is 0. The first-order valence-corrected chi connectivity index (χ1v) is 15.2. The molecule has 1 aliphatic rings. The standard InChI is InChI=1S/C29H47N3O4S/c1-6-7-14-20-32(27(34)24(19-21-37-5)31-28(35)36-29(2,3)4)25(22-15-10-8-11-16-22)26(33)30-23-17-12-9-13-18-23/h8,10-11,15-16,23-25H,6-7,9,12-14,17-21H2,1-5H3,(H,30,33)(H,31,35). The van der Waals surface area contributed by atoms with E-state index in [1.807, 2.05) is 36.6 Å². The van der Waals surface area contributed by atoms with E-state index in [1.165, 1.54) is 6.42 Å². The predicted molar refractivity (Wildman–Crippen MR) is 152 cm³/mol. The number of unbranched alkanes of at least 4 members (excludes halogenated alkanes) is 2. The van der Waals surface area contributed by atoms with Crippen molar-refractivity contribution in [1.29, 1.82) is 0 Å². The van der Waals surface area contributed by atoms with Gasteiger partial charge in [-0.15, -0.1) is 0 Å². The molecular formula is C29H47N3O4S. The van der Waals surface area contributed by atoms with Crippen molar-refractivity contribution in [3.05, 3.63) is 35.9 Å². The highest BCUT2D eigenvalue weighted by molar-refractivity contribution is 7.98. The Morgan fingerprint density at radius 3 is 2.35 bits per heavy atom. The van der Waals surface area contributed by atoms with E-state index < -0.39 is 23.8 Å². The molecule has 0 radical (unpaired) electrons. The molecule has 7 nitrogen and oxygen atoms in total. The van der Waals surface area contributed by atoms with Crippen molar-refractivity contribution < 1.29 is 19.1 Å². The Kier molecular flexibility index (Phi) is 13.3. The van der Waals surface area contributed by atoms with Crippen molar-refractivity contribution in [2.75, 3.05) is 18.6 Å². The highest BCUT2D eigenvalue weighted by atomic mass is 32.2. The number of hydrogen-bond acceptors (Lipinski definition) is 5. The van der Waals surface area contributed by atoms with Crippen molar-refractivity contribution in [3.63, 3.8) is 0 Å². The zero-order valence-corrected chi connectivity index (χ0v) is 24.2. The monoisotopic (exact) mass is 533 g/mol. The van der Waals surface area contributed by atoms with Crippen LogP contribution in [0, 0.1) is 0 Å². The molecule has 2 atom stereocenters. The van der Waals surface area contributed by atoms with E-state index in [0.717, 1.165) is 50.5 Å². The number of carbonyl (C=O) groups is 3. The summed E-state index contributed by atoms with van der Waals surface area (Å²) in [5.74, 6) is 0.298. The molecule has 2 rings (SSSR count). The Hall–Kier alpha value is -2.22. The largest absolute Gasteiger partial charge is 0.444 e. The normalized spacial score (nSPS) is 15.9. The Morgan fingerprint density at radius 2 is 1.76 bits per heavy atom. The SMILES string of the molecule is CCCCCN(C(=O)C(CCSC)NC(=O)OC(C)(C)C)C(C(=O)NC1CCCCC1)c1ccccc1. The van der Waals surface area contributed by atoms with Crippen molar-refractivity contribution in [1.82, 2.24) is 15.5 Å². The fourth-order valence-electron chi connectivity index (χ4n) is 4.68. The van der Waals surface area contributed by atoms with Gasteiger partial charge in [0.05, 0.1) is 0 Å². The summed E-state index contributed by atoms with van der Waals surface area (Å²) < 4.78 is 5.46. The highest BCUT2D eigenvalue weighted by Gasteiger charge is 2.36. The van der Waals surface area contributed by atoms with Gasteiger partial charge >= 0.3 is 6.09 Å². The van der Waals surface area contributed by atoms with E-state index in [9.17, 15) is 14.4 Å². The lowest BCUT2D eigenvalue weighted by Gasteiger charge is -2.36. The molecule has 0 aromatic heterocycles. The minimum Gasteiger partial charge on any atom is -0.444 e. The molecule has 0 spiro atoms. The van der Waals surface area contributed by atoms with Crippen LogP contribution in [0.4, 0.5) is 4.79 Å². The number of amides is 3. The molecular weight excluding hydrogens is 486 g/mol. The second kappa shape index (κ2) is 15.9. The van der Waals surface area contributed by atoms with Gasteiger partial charge < -0.3 is 20.3 Å². The molecule has 37 heavy (non-hydrogen) atoms. The number of nitrogens with zero attached hydrogens (tertiary/aromatic N) is 1. The minimum atomic E-state index is -0.780. The summed E-state index contributed by atoms with van der Waals surface area (Å²) in [4.78, 5) is 42.3. The maximum Gasteiger partial charge on any atom is 0.408 e. The molecule has 0 heterocycles. The molecule has 1 fully saturated rings. The van der Waals surface area contributed by atoms with Gasteiger partial charge in [-0.1, -0.05) is 69.4 Å². The van der Waals surface area contributed by atoms with E-state index in [1.54, 1.807) is 37.4 Å². The number of alkyl carbamates (subject to hydrolysis) is 1. The molecule has 1 saturated carbocycles. The number of rotatable bonds is 13. The van der Waals surface area contributed by atoms with Crippen molar-refractivity contribution >= 4 is 29.7 Å². The fourth-order valence-corrected chi connectivity index (χ4v) is 5.15. The molecule has 2 N–H and O–H groups in total. The van der Waals surface area contributed by atoms with Gasteiger partial charge in [-0.3, -0.25) is 9.59 Å². The average molecular weight is 534 g/mol. The van der Waals surface area contributed by atoms with Crippen LogP contribution in [0.2, 0.25) is 0 Å². The second-order valence-corrected chi connectivity index (χ2v) is 11.9. The van der Waals surface area contributed by atoms with Crippen LogP contribution < -0.4 is 10.6 Å². The van der Waals surface area contributed by atoms with Gasteiger partial charge in [-0.25, -0.2) is 4.79 Å². The van der Waals surface area contributed by atoms with Crippen LogP contribution in [-0.2, 0) is 14.3 Å². The van der Waals surface area contributed by atoms with Gasteiger partial charge in [0, 0.05) is 12.6 Å². The van der Waals surface area contributed by atoms with Crippen LogP contribution in [0.3, 0.4) is 0 Å². The summed E-state index contributed by atoms with van der Waals surface area (Å²) in [6, 6.07) is 8.11. The van der Waals surface area contributed by atoms with Crippen molar-refractivity contribution in [2.24, 2.45) is 0 Å². The number of nitrogens with one attached hydrogen (secondary N) is 2. The third-order valence-electron chi connectivity index (χ3n) is 6.51. The third-order valence-corrected chi connectivity index (χ3v) is 7.16. The van der Waals surface area contributed by atoms with E-state index in [4.69, 9.17) is 4.74 Å².